The van der Waals surface area contributed by atoms with Gasteiger partial charge in [0.15, 0.2) is 9.84 Å². The second kappa shape index (κ2) is 10.8. The third kappa shape index (κ3) is 7.76. The minimum absolute atomic E-state index is 0.000930. The molecule has 6 nitrogen and oxygen atoms in total. The average Bonchev–Trinajstić information content (AvgIpc) is 2.74. The molecule has 8 heteroatoms. The Kier molecular flexibility index (Phi) is 8.83. The first-order chi connectivity index (χ1) is 16.1. The molecule has 3 rings (SSSR count). The quantitative estimate of drug-likeness (QED) is 0.387. The molecular formula is C27H44O6S2. The van der Waals surface area contributed by atoms with E-state index >= 15 is 0 Å². The summed E-state index contributed by atoms with van der Waals surface area (Å²) in [7, 11) is -7.69. The number of rotatable bonds is 7. The van der Waals surface area contributed by atoms with Crippen molar-refractivity contribution < 1.29 is 25.8 Å². The van der Waals surface area contributed by atoms with Crippen molar-refractivity contribution in [1.82, 2.24) is 0 Å². The number of sulfone groups is 1. The Balaban J connectivity index is 1.51. The van der Waals surface area contributed by atoms with E-state index in [1.165, 1.54) is 43.5 Å². The van der Waals surface area contributed by atoms with Gasteiger partial charge in [0, 0.05) is 0 Å². The van der Waals surface area contributed by atoms with Gasteiger partial charge in [-0.05, 0) is 129 Å². The topological polar surface area (TPSA) is 86.7 Å². The highest BCUT2D eigenvalue weighted by Gasteiger charge is 2.34. The largest absolute Gasteiger partial charge is 0.373 e. The predicted octanol–water partition coefficient (Wildman–Crippen LogP) is 6.29. The molecule has 1 aromatic rings. The number of benzene rings is 1. The molecule has 2 saturated carbocycles. The van der Waals surface area contributed by atoms with Gasteiger partial charge in [0.25, 0.3) is 10.1 Å². The molecule has 0 radical (unpaired) electrons. The Morgan fingerprint density at radius 2 is 1.23 bits per heavy atom. The molecule has 0 spiro atoms. The molecule has 0 N–H and O–H groups in total. The number of hydrogen-bond donors (Lipinski definition) is 0. The monoisotopic (exact) mass is 528 g/mol. The van der Waals surface area contributed by atoms with Crippen LogP contribution in [0.25, 0.3) is 0 Å². The summed E-state index contributed by atoms with van der Waals surface area (Å²) < 4.78 is 62.1. The summed E-state index contributed by atoms with van der Waals surface area (Å²) in [5.74, 6) is 1.34. The van der Waals surface area contributed by atoms with E-state index in [0.717, 1.165) is 31.6 Å². The van der Waals surface area contributed by atoms with Crippen LogP contribution in [0.15, 0.2) is 34.1 Å². The van der Waals surface area contributed by atoms with Crippen LogP contribution >= 0.6 is 0 Å². The van der Waals surface area contributed by atoms with Gasteiger partial charge in [0.1, 0.15) is 0 Å². The highest BCUT2D eigenvalue weighted by Crippen LogP contribution is 2.38. The van der Waals surface area contributed by atoms with Crippen LogP contribution in [0.4, 0.5) is 0 Å². The van der Waals surface area contributed by atoms with E-state index in [1.54, 1.807) is 20.8 Å². The molecule has 0 amide bonds. The smallest absolute Gasteiger partial charge is 0.297 e. The van der Waals surface area contributed by atoms with Crippen LogP contribution in [0.5, 0.6) is 0 Å². The van der Waals surface area contributed by atoms with Gasteiger partial charge in [0.2, 0.25) is 0 Å². The van der Waals surface area contributed by atoms with Crippen LogP contribution in [0, 0.1) is 11.8 Å². The van der Waals surface area contributed by atoms with Gasteiger partial charge in [-0.2, -0.15) is 8.42 Å². The fourth-order valence-corrected chi connectivity index (χ4v) is 7.81. The third-order valence-electron chi connectivity index (χ3n) is 7.25. The van der Waals surface area contributed by atoms with Gasteiger partial charge < -0.3 is 4.74 Å². The van der Waals surface area contributed by atoms with Crippen molar-refractivity contribution in [2.24, 2.45) is 11.8 Å². The van der Waals surface area contributed by atoms with E-state index in [1.807, 2.05) is 0 Å². The van der Waals surface area contributed by atoms with Crippen LogP contribution in [0.3, 0.4) is 0 Å². The molecule has 2 aliphatic carbocycles. The zero-order valence-corrected chi connectivity index (χ0v) is 23.9. The first-order valence-electron chi connectivity index (χ1n) is 13.0. The minimum Gasteiger partial charge on any atom is -0.373 e. The van der Waals surface area contributed by atoms with Gasteiger partial charge in [-0.1, -0.05) is 6.07 Å². The summed E-state index contributed by atoms with van der Waals surface area (Å²) in [6.07, 6.45) is 9.26. The molecule has 0 unspecified atom stereocenters. The van der Waals surface area contributed by atoms with Crippen LogP contribution < -0.4 is 0 Å². The fraction of sp³-hybridized carbons (Fsp3) is 0.778. The molecular weight excluding hydrogens is 484 g/mol. The Labute approximate surface area is 213 Å². The zero-order chi connectivity index (χ0) is 26.1. The number of ether oxygens (including phenoxy) is 1. The maximum absolute atomic E-state index is 12.9. The van der Waals surface area contributed by atoms with E-state index in [4.69, 9.17) is 8.92 Å². The van der Waals surface area contributed by atoms with Crippen molar-refractivity contribution >= 4 is 20.0 Å². The molecule has 35 heavy (non-hydrogen) atoms. The lowest BCUT2D eigenvalue weighted by Crippen LogP contribution is -2.31. The van der Waals surface area contributed by atoms with Gasteiger partial charge in [-0.15, -0.1) is 0 Å². The van der Waals surface area contributed by atoms with Gasteiger partial charge in [0.05, 0.1) is 32.3 Å². The second-order valence-corrected chi connectivity index (χ2v) is 16.7. The summed E-state index contributed by atoms with van der Waals surface area (Å²) in [6, 6.07) is 5.53. The van der Waals surface area contributed by atoms with Crippen LogP contribution in [-0.2, 0) is 28.9 Å². The molecule has 2 fully saturated rings. The summed E-state index contributed by atoms with van der Waals surface area (Å²) in [5.41, 5.74) is -0.0849. The van der Waals surface area contributed by atoms with E-state index in [0.29, 0.717) is 24.9 Å². The lowest BCUT2D eigenvalue weighted by Gasteiger charge is -2.36. The second-order valence-electron chi connectivity index (χ2n) is 12.4. The minimum atomic E-state index is -4.03. The van der Waals surface area contributed by atoms with E-state index in [9.17, 15) is 16.8 Å². The summed E-state index contributed by atoms with van der Waals surface area (Å²) in [4.78, 5) is -0.0970. The maximum atomic E-state index is 12.9. The van der Waals surface area contributed by atoms with Crippen LogP contribution in [0.1, 0.15) is 99.3 Å². The highest BCUT2D eigenvalue weighted by molar-refractivity contribution is 7.92. The summed E-state index contributed by atoms with van der Waals surface area (Å²) >= 11 is 0. The summed E-state index contributed by atoms with van der Waals surface area (Å²) in [5, 5.41) is 0. The van der Waals surface area contributed by atoms with Crippen molar-refractivity contribution in [2.45, 2.75) is 132 Å². The number of hydrogen-bond acceptors (Lipinski definition) is 6. The third-order valence-corrected chi connectivity index (χ3v) is 11.1. The summed E-state index contributed by atoms with van der Waals surface area (Å²) in [6.45, 7) is 11.1. The van der Waals surface area contributed by atoms with Gasteiger partial charge in [-0.3, -0.25) is 4.18 Å². The molecule has 0 saturated heterocycles. The fourth-order valence-electron chi connectivity index (χ4n) is 5.31. The Morgan fingerprint density at radius 1 is 0.743 bits per heavy atom. The Morgan fingerprint density at radius 3 is 1.71 bits per heavy atom. The maximum Gasteiger partial charge on any atom is 0.297 e. The van der Waals surface area contributed by atoms with Crippen molar-refractivity contribution in [2.75, 3.05) is 0 Å². The lowest BCUT2D eigenvalue weighted by molar-refractivity contribution is -0.0794. The predicted molar refractivity (Wildman–Crippen MR) is 139 cm³/mol. The van der Waals surface area contributed by atoms with Crippen molar-refractivity contribution in [3.05, 3.63) is 24.3 Å². The van der Waals surface area contributed by atoms with E-state index in [2.05, 4.69) is 20.8 Å². The standard InChI is InChI=1S/C27H44O6S2/c1-26(2,3)32-22-14-10-20(11-15-22)18-21-12-16-23(17-13-21)33-35(30,31)25-9-7-8-24(19-25)34(28,29)27(4,5)6/h7-9,19-23H,10-18H2,1-6H3. The van der Waals surface area contributed by atoms with Crippen LogP contribution in [0.2, 0.25) is 0 Å². The first-order valence-corrected chi connectivity index (χ1v) is 15.9. The molecule has 2 aliphatic rings. The SMILES string of the molecule is CC(C)(C)OC1CCC(CC2CCC(OS(=O)(=O)c3cccc(S(=O)(=O)C(C)(C)C)c3)CC2)CC1. The Hall–Kier alpha value is -0.960. The van der Waals surface area contributed by atoms with Crippen molar-refractivity contribution in [1.29, 1.82) is 0 Å². The average molecular weight is 529 g/mol. The molecule has 1 aromatic carbocycles. The first kappa shape index (κ1) is 28.6. The van der Waals surface area contributed by atoms with Crippen LogP contribution in [-0.4, -0.2) is 39.4 Å². The van der Waals surface area contributed by atoms with Gasteiger partial charge >= 0.3 is 0 Å². The molecule has 0 aliphatic heterocycles. The van der Waals surface area contributed by atoms with Crippen molar-refractivity contribution in [3.63, 3.8) is 0 Å². The molecule has 0 heterocycles. The normalized spacial score (nSPS) is 27.0. The molecule has 0 aromatic heterocycles. The Bertz CT molecular complexity index is 1050. The molecule has 200 valence electrons. The van der Waals surface area contributed by atoms with Crippen molar-refractivity contribution in [3.8, 4) is 0 Å². The van der Waals surface area contributed by atoms with E-state index < -0.39 is 24.7 Å². The molecule has 0 bridgehead atoms. The lowest BCUT2D eigenvalue weighted by atomic mass is 9.76. The van der Waals surface area contributed by atoms with E-state index in [-0.39, 0.29) is 21.5 Å². The molecule has 0 atom stereocenters. The highest BCUT2D eigenvalue weighted by atomic mass is 32.2. The van der Waals surface area contributed by atoms with Gasteiger partial charge in [-0.25, -0.2) is 8.42 Å². The zero-order valence-electron chi connectivity index (χ0n) is 22.2.